The van der Waals surface area contributed by atoms with Crippen molar-refractivity contribution in [2.45, 2.75) is 6.42 Å². The standard InChI is InChI=1S/C18H20O5/c1-21-16-12(8-5-9-14(16)19)6-4-7-13-10-11-15(20)18(23-3)17(13)22-2/h4-6,8-11,19-20H,7H2,1-3H3/b6-4+. The topological polar surface area (TPSA) is 68.2 Å². The van der Waals surface area contributed by atoms with Crippen molar-refractivity contribution in [3.8, 4) is 28.7 Å². The number of methoxy groups -OCH3 is 3. The molecule has 0 aliphatic carbocycles. The lowest BCUT2D eigenvalue weighted by atomic mass is 10.1. The number of benzene rings is 2. The number of aromatic hydroxyl groups is 2. The van der Waals surface area contributed by atoms with Gasteiger partial charge in [-0.15, -0.1) is 0 Å². The van der Waals surface area contributed by atoms with E-state index in [9.17, 15) is 10.2 Å². The third-order valence-corrected chi connectivity index (χ3v) is 3.45. The molecule has 2 N–H and O–H groups in total. The Kier molecular flexibility index (Phi) is 5.36. The summed E-state index contributed by atoms with van der Waals surface area (Å²) in [6.45, 7) is 0. The number of hydrogen-bond donors (Lipinski definition) is 2. The Bertz CT molecular complexity index is 707. The van der Waals surface area contributed by atoms with Crippen molar-refractivity contribution in [3.05, 3.63) is 47.5 Å². The Balaban J connectivity index is 2.26. The Labute approximate surface area is 135 Å². The minimum absolute atomic E-state index is 0.0340. The van der Waals surface area contributed by atoms with Crippen LogP contribution in [0, 0.1) is 0 Å². The normalized spacial score (nSPS) is 10.7. The highest BCUT2D eigenvalue weighted by Crippen LogP contribution is 2.39. The fourth-order valence-electron chi connectivity index (χ4n) is 2.38. The summed E-state index contributed by atoms with van der Waals surface area (Å²) in [5, 5.41) is 19.5. The van der Waals surface area contributed by atoms with E-state index in [4.69, 9.17) is 14.2 Å². The van der Waals surface area contributed by atoms with E-state index in [-0.39, 0.29) is 11.5 Å². The van der Waals surface area contributed by atoms with Gasteiger partial charge in [-0.1, -0.05) is 30.4 Å². The van der Waals surface area contributed by atoms with Crippen molar-refractivity contribution in [3.63, 3.8) is 0 Å². The molecule has 0 saturated carbocycles. The van der Waals surface area contributed by atoms with Gasteiger partial charge in [-0.25, -0.2) is 0 Å². The van der Waals surface area contributed by atoms with Crippen LogP contribution in [0.15, 0.2) is 36.4 Å². The van der Waals surface area contributed by atoms with E-state index in [0.29, 0.717) is 23.7 Å². The summed E-state index contributed by atoms with van der Waals surface area (Å²) in [4.78, 5) is 0. The third-order valence-electron chi connectivity index (χ3n) is 3.45. The van der Waals surface area contributed by atoms with Crippen LogP contribution in [0.1, 0.15) is 11.1 Å². The highest BCUT2D eigenvalue weighted by molar-refractivity contribution is 5.63. The zero-order valence-corrected chi connectivity index (χ0v) is 13.4. The number of phenolic OH excluding ortho intramolecular Hbond substituents is 2. The summed E-state index contributed by atoms with van der Waals surface area (Å²) in [6.07, 6.45) is 4.35. The van der Waals surface area contributed by atoms with Crippen LogP contribution in [0.4, 0.5) is 0 Å². The van der Waals surface area contributed by atoms with Crippen molar-refractivity contribution in [2.24, 2.45) is 0 Å². The summed E-state index contributed by atoms with van der Waals surface area (Å²) in [5.41, 5.74) is 1.65. The first-order chi connectivity index (χ1) is 11.1. The minimum Gasteiger partial charge on any atom is -0.504 e. The first kappa shape index (κ1) is 16.5. The molecule has 0 atom stereocenters. The van der Waals surface area contributed by atoms with E-state index in [2.05, 4.69) is 0 Å². The minimum atomic E-state index is 0.0340. The fourth-order valence-corrected chi connectivity index (χ4v) is 2.38. The Morgan fingerprint density at radius 1 is 0.826 bits per heavy atom. The molecule has 0 spiro atoms. The summed E-state index contributed by atoms with van der Waals surface area (Å²) >= 11 is 0. The summed E-state index contributed by atoms with van der Waals surface area (Å²) in [6, 6.07) is 8.52. The molecule has 23 heavy (non-hydrogen) atoms. The van der Waals surface area contributed by atoms with Crippen LogP contribution in [-0.4, -0.2) is 31.5 Å². The molecule has 0 amide bonds. The Morgan fingerprint density at radius 3 is 2.13 bits per heavy atom. The van der Waals surface area contributed by atoms with Crippen LogP contribution in [0.25, 0.3) is 6.08 Å². The molecule has 122 valence electrons. The van der Waals surface area contributed by atoms with Crippen LogP contribution >= 0.6 is 0 Å². The van der Waals surface area contributed by atoms with Gasteiger partial charge in [0.2, 0.25) is 5.75 Å². The molecule has 0 aliphatic heterocycles. The van der Waals surface area contributed by atoms with Gasteiger partial charge in [0.1, 0.15) is 0 Å². The number of para-hydroxylation sites is 1. The number of allylic oxidation sites excluding steroid dienone is 1. The number of rotatable bonds is 6. The van der Waals surface area contributed by atoms with E-state index in [1.165, 1.54) is 21.3 Å². The highest BCUT2D eigenvalue weighted by atomic mass is 16.5. The molecular formula is C18H20O5. The molecule has 5 nitrogen and oxygen atoms in total. The fraction of sp³-hybridized carbons (Fsp3) is 0.222. The zero-order valence-electron chi connectivity index (χ0n) is 13.4. The van der Waals surface area contributed by atoms with E-state index < -0.39 is 0 Å². The molecule has 0 bridgehead atoms. The van der Waals surface area contributed by atoms with Gasteiger partial charge in [-0.2, -0.15) is 0 Å². The van der Waals surface area contributed by atoms with Crippen molar-refractivity contribution < 1.29 is 24.4 Å². The monoisotopic (exact) mass is 316 g/mol. The molecule has 0 heterocycles. The van der Waals surface area contributed by atoms with Crippen molar-refractivity contribution in [1.29, 1.82) is 0 Å². The molecule has 0 radical (unpaired) electrons. The Hall–Kier alpha value is -2.82. The Morgan fingerprint density at radius 2 is 1.48 bits per heavy atom. The van der Waals surface area contributed by atoms with Gasteiger partial charge < -0.3 is 24.4 Å². The number of ether oxygens (including phenoxy) is 3. The molecular weight excluding hydrogens is 296 g/mol. The lowest BCUT2D eigenvalue weighted by molar-refractivity contribution is 0.331. The summed E-state index contributed by atoms with van der Waals surface area (Å²) in [7, 11) is 4.53. The average Bonchev–Trinajstić information content (AvgIpc) is 2.55. The average molecular weight is 316 g/mol. The van der Waals surface area contributed by atoms with Crippen molar-refractivity contribution in [1.82, 2.24) is 0 Å². The van der Waals surface area contributed by atoms with Crippen molar-refractivity contribution >= 4 is 6.08 Å². The third kappa shape index (κ3) is 3.51. The van der Waals surface area contributed by atoms with E-state index in [0.717, 1.165) is 11.1 Å². The van der Waals surface area contributed by atoms with Crippen LogP contribution in [0.5, 0.6) is 28.7 Å². The van der Waals surface area contributed by atoms with Gasteiger partial charge in [0, 0.05) is 11.1 Å². The van der Waals surface area contributed by atoms with Gasteiger partial charge in [-0.3, -0.25) is 0 Å². The molecule has 5 heteroatoms. The zero-order chi connectivity index (χ0) is 16.8. The molecule has 0 aromatic heterocycles. The van der Waals surface area contributed by atoms with Gasteiger partial charge >= 0.3 is 0 Å². The summed E-state index contributed by atoms with van der Waals surface area (Å²) in [5.74, 6) is 1.37. The molecule has 0 aliphatic rings. The number of phenols is 2. The van der Waals surface area contributed by atoms with Gasteiger partial charge in [-0.05, 0) is 18.6 Å². The smallest absolute Gasteiger partial charge is 0.203 e. The maximum absolute atomic E-state index is 9.78. The molecule has 2 aromatic rings. The van der Waals surface area contributed by atoms with E-state index in [1.807, 2.05) is 18.2 Å². The quantitative estimate of drug-likeness (QED) is 0.855. The largest absolute Gasteiger partial charge is 0.504 e. The molecule has 0 unspecified atom stereocenters. The van der Waals surface area contributed by atoms with Gasteiger partial charge in [0.05, 0.1) is 21.3 Å². The van der Waals surface area contributed by atoms with Crippen molar-refractivity contribution in [2.75, 3.05) is 21.3 Å². The highest BCUT2D eigenvalue weighted by Gasteiger charge is 2.13. The second-order valence-corrected chi connectivity index (χ2v) is 4.82. The lowest BCUT2D eigenvalue weighted by Crippen LogP contribution is -1.95. The predicted octanol–water partition coefficient (Wildman–Crippen LogP) is 3.38. The lowest BCUT2D eigenvalue weighted by Gasteiger charge is -2.13. The van der Waals surface area contributed by atoms with Crippen LogP contribution in [0.3, 0.4) is 0 Å². The SMILES string of the molecule is COc1c(O)cccc1/C=C/Cc1ccc(O)c(OC)c1OC. The second kappa shape index (κ2) is 7.45. The molecule has 0 saturated heterocycles. The van der Waals surface area contributed by atoms with Crippen LogP contribution in [0.2, 0.25) is 0 Å². The predicted molar refractivity (Wildman–Crippen MR) is 88.6 cm³/mol. The van der Waals surface area contributed by atoms with Gasteiger partial charge in [0.15, 0.2) is 23.0 Å². The maximum Gasteiger partial charge on any atom is 0.203 e. The maximum atomic E-state index is 9.78. The van der Waals surface area contributed by atoms with Crippen LogP contribution < -0.4 is 14.2 Å². The molecule has 0 fully saturated rings. The first-order valence-corrected chi connectivity index (χ1v) is 7.07. The van der Waals surface area contributed by atoms with Gasteiger partial charge in [0.25, 0.3) is 0 Å². The first-order valence-electron chi connectivity index (χ1n) is 7.07. The van der Waals surface area contributed by atoms with E-state index in [1.54, 1.807) is 24.3 Å². The second-order valence-electron chi connectivity index (χ2n) is 4.82. The van der Waals surface area contributed by atoms with E-state index >= 15 is 0 Å². The number of hydrogen-bond acceptors (Lipinski definition) is 5. The molecule has 2 rings (SSSR count). The molecule has 2 aromatic carbocycles. The summed E-state index contributed by atoms with van der Waals surface area (Å²) < 4.78 is 15.7. The van der Waals surface area contributed by atoms with Crippen LogP contribution in [-0.2, 0) is 6.42 Å².